The summed E-state index contributed by atoms with van der Waals surface area (Å²) in [7, 11) is 0. The van der Waals surface area contributed by atoms with E-state index >= 15 is 0 Å². The summed E-state index contributed by atoms with van der Waals surface area (Å²) in [4.78, 5) is 0. The van der Waals surface area contributed by atoms with Crippen LogP contribution in [0, 0.1) is 0 Å². The summed E-state index contributed by atoms with van der Waals surface area (Å²) < 4.78 is 40.2. The zero-order chi connectivity index (χ0) is 9.19. The van der Waals surface area contributed by atoms with Gasteiger partial charge in [-0.1, -0.05) is 22.6 Å². The van der Waals surface area contributed by atoms with Crippen molar-refractivity contribution in [2.24, 2.45) is 3.15 Å². The molecule has 0 aliphatic carbocycles. The Morgan fingerprint density at radius 3 is 2.67 bits per heavy atom. The van der Waals surface area contributed by atoms with Gasteiger partial charge < -0.3 is 0 Å². The fourth-order valence-corrected chi connectivity index (χ4v) is 2.59. The number of rotatable bonds is 1. The molecule has 0 bridgehead atoms. The van der Waals surface area contributed by atoms with Crippen molar-refractivity contribution < 1.29 is 13.2 Å². The molecule has 12 heavy (non-hydrogen) atoms. The fraction of sp³-hybridized carbons (Fsp3) is 0.333. The van der Waals surface area contributed by atoms with Crippen molar-refractivity contribution in [3.05, 3.63) is 21.4 Å². The van der Waals surface area contributed by atoms with E-state index in [1.165, 1.54) is 12.3 Å². The van der Waals surface area contributed by atoms with Crippen molar-refractivity contribution in [2.75, 3.05) is 4.43 Å². The van der Waals surface area contributed by atoms with Crippen LogP contribution in [0.15, 0.2) is 24.6 Å². The second-order valence-electron chi connectivity index (χ2n) is 2.01. The minimum absolute atomic E-state index is 0.449. The molecule has 0 atom stereocenters. The second-order valence-corrected chi connectivity index (χ2v) is 4.97. The van der Waals surface area contributed by atoms with Crippen molar-refractivity contribution in [3.63, 3.8) is 0 Å². The van der Waals surface area contributed by atoms with Gasteiger partial charge in [-0.3, -0.25) is 0 Å². The fourth-order valence-electron chi connectivity index (χ4n) is 0.567. The van der Waals surface area contributed by atoms with Crippen LogP contribution in [0.4, 0.5) is 13.2 Å². The maximum atomic E-state index is 12.1. The van der Waals surface area contributed by atoms with Crippen LogP contribution in [0.3, 0.4) is 0 Å². The standard InChI is InChI=1S/C6H4F3I2N/c7-6(8,9)5-1-4(2-10)3-12-11-5/h1,3H,2H2. The highest BCUT2D eigenvalue weighted by Crippen LogP contribution is 2.38. The van der Waals surface area contributed by atoms with Crippen LogP contribution in [0.25, 0.3) is 0 Å². The molecule has 0 radical (unpaired) electrons. The Bertz CT molecular complexity index is 264. The summed E-state index contributed by atoms with van der Waals surface area (Å²) in [6.45, 7) is 0. The first-order valence-corrected chi connectivity index (χ1v) is 6.49. The Kier molecular flexibility index (Phi) is 3.68. The molecular weight excluding hydrogens is 397 g/mol. The van der Waals surface area contributed by atoms with E-state index in [1.54, 1.807) is 0 Å². The van der Waals surface area contributed by atoms with Crippen molar-refractivity contribution in [1.29, 1.82) is 0 Å². The quantitative estimate of drug-likeness (QED) is 0.467. The normalized spacial score (nSPS) is 18.0. The third-order valence-electron chi connectivity index (χ3n) is 1.09. The summed E-state index contributed by atoms with van der Waals surface area (Å²) in [5.41, 5.74) is 0.647. The van der Waals surface area contributed by atoms with Crippen LogP contribution in [0.2, 0.25) is 0 Å². The average Bonchev–Trinajstić information content (AvgIpc) is 2.03. The van der Waals surface area contributed by atoms with Gasteiger partial charge in [0.2, 0.25) is 0 Å². The van der Waals surface area contributed by atoms with Crippen LogP contribution in [0.1, 0.15) is 0 Å². The lowest BCUT2D eigenvalue weighted by Crippen LogP contribution is -2.08. The molecular formula is C6H4F3I2N. The van der Waals surface area contributed by atoms with E-state index in [2.05, 4.69) is 3.15 Å². The minimum atomic E-state index is -4.18. The van der Waals surface area contributed by atoms with E-state index in [0.717, 1.165) is 0 Å². The van der Waals surface area contributed by atoms with E-state index < -0.39 is 30.8 Å². The Balaban J connectivity index is 2.90. The SMILES string of the molecule is FC(F)(F)C1=CC(CI)=CN=I1. The minimum Gasteiger partial charge on any atom is -0.229 e. The largest absolute Gasteiger partial charge is 0.423 e. The second kappa shape index (κ2) is 4.16. The first kappa shape index (κ1) is 10.6. The van der Waals surface area contributed by atoms with Gasteiger partial charge in [-0.15, -0.1) is 0 Å². The molecule has 1 nitrogen and oxygen atoms in total. The smallest absolute Gasteiger partial charge is 0.229 e. The van der Waals surface area contributed by atoms with Gasteiger partial charge in [0.1, 0.15) is 3.58 Å². The van der Waals surface area contributed by atoms with Gasteiger partial charge >= 0.3 is 6.18 Å². The van der Waals surface area contributed by atoms with E-state index in [0.29, 0.717) is 10.0 Å². The first-order chi connectivity index (χ1) is 5.54. The van der Waals surface area contributed by atoms with Gasteiger partial charge in [0.15, 0.2) is 0 Å². The van der Waals surface area contributed by atoms with Gasteiger partial charge in [-0.05, 0) is 11.6 Å². The summed E-state index contributed by atoms with van der Waals surface area (Å²) >= 11 is 0.824. The molecule has 0 saturated carbocycles. The number of nitrogens with zero attached hydrogens (tertiary/aromatic N) is 1. The lowest BCUT2D eigenvalue weighted by atomic mass is 10.3. The Hall–Kier alpha value is 0.530. The predicted octanol–water partition coefficient (Wildman–Crippen LogP) is 3.92. The molecule has 0 fully saturated rings. The third kappa shape index (κ3) is 2.79. The molecule has 1 heterocycles. The van der Waals surface area contributed by atoms with E-state index in [1.807, 2.05) is 22.6 Å². The highest BCUT2D eigenvalue weighted by atomic mass is 127. The lowest BCUT2D eigenvalue weighted by molar-refractivity contribution is -0.0818. The molecule has 0 aromatic carbocycles. The van der Waals surface area contributed by atoms with Gasteiger partial charge in [0, 0.05) is 31.7 Å². The predicted molar refractivity (Wildman–Crippen MR) is 57.6 cm³/mol. The van der Waals surface area contributed by atoms with Crippen LogP contribution < -0.4 is 0 Å². The van der Waals surface area contributed by atoms with E-state index in [4.69, 9.17) is 0 Å². The van der Waals surface area contributed by atoms with E-state index in [-0.39, 0.29) is 0 Å². The lowest BCUT2D eigenvalue weighted by Gasteiger charge is -2.08. The van der Waals surface area contributed by atoms with Crippen LogP contribution in [-0.2, 0) is 0 Å². The maximum absolute atomic E-state index is 12.1. The molecule has 0 spiro atoms. The summed E-state index contributed by atoms with van der Waals surface area (Å²) in [5.74, 6) is 0. The number of alkyl halides is 4. The van der Waals surface area contributed by atoms with Gasteiger partial charge in [0.05, 0.1) is 0 Å². The molecule has 0 aromatic heterocycles. The van der Waals surface area contributed by atoms with Gasteiger partial charge in [0.25, 0.3) is 0 Å². The Morgan fingerprint density at radius 2 is 2.17 bits per heavy atom. The highest BCUT2D eigenvalue weighted by molar-refractivity contribution is 14.2. The summed E-state index contributed by atoms with van der Waals surface area (Å²) in [6.07, 6.45) is -1.43. The molecule has 0 aromatic rings. The number of hydrogen-bond acceptors (Lipinski definition) is 1. The van der Waals surface area contributed by atoms with Crippen LogP contribution >= 0.6 is 43.6 Å². The van der Waals surface area contributed by atoms with E-state index in [9.17, 15) is 13.2 Å². The molecule has 1 rings (SSSR count). The molecule has 0 saturated heterocycles. The average molecular weight is 401 g/mol. The number of halogens is 5. The topological polar surface area (TPSA) is 12.4 Å². The highest BCUT2D eigenvalue weighted by Gasteiger charge is 2.33. The molecule has 6 heteroatoms. The molecule has 68 valence electrons. The maximum Gasteiger partial charge on any atom is 0.423 e. The van der Waals surface area contributed by atoms with Crippen LogP contribution in [0.5, 0.6) is 0 Å². The molecule has 0 unspecified atom stereocenters. The molecule has 0 N–H and O–H groups in total. The first-order valence-electron chi connectivity index (χ1n) is 2.92. The zero-order valence-corrected chi connectivity index (χ0v) is 10.0. The molecule has 1 aliphatic heterocycles. The Labute approximate surface area is 91.4 Å². The van der Waals surface area contributed by atoms with Crippen molar-refractivity contribution in [3.8, 4) is 0 Å². The van der Waals surface area contributed by atoms with Crippen molar-refractivity contribution >= 4 is 43.6 Å². The van der Waals surface area contributed by atoms with Gasteiger partial charge in [-0.25, -0.2) is 3.15 Å². The summed E-state index contributed by atoms with van der Waals surface area (Å²) in [5, 5.41) is 0. The monoisotopic (exact) mass is 401 g/mol. The zero-order valence-electron chi connectivity index (χ0n) is 5.70. The Morgan fingerprint density at radius 1 is 1.50 bits per heavy atom. The van der Waals surface area contributed by atoms with Gasteiger partial charge in [-0.2, -0.15) is 13.2 Å². The number of hydrogen-bond donors (Lipinski definition) is 0. The number of allylic oxidation sites excluding steroid dienone is 3. The molecule has 1 aliphatic rings. The summed E-state index contributed by atoms with van der Waals surface area (Å²) in [6, 6.07) is 0. The van der Waals surface area contributed by atoms with Crippen molar-refractivity contribution in [1.82, 2.24) is 0 Å². The van der Waals surface area contributed by atoms with Crippen molar-refractivity contribution in [2.45, 2.75) is 6.18 Å². The molecule has 0 amide bonds. The third-order valence-corrected chi connectivity index (χ3v) is 3.97. The van der Waals surface area contributed by atoms with Crippen LogP contribution in [-0.4, -0.2) is 10.6 Å².